The predicted molar refractivity (Wildman–Crippen MR) is 87.5 cm³/mol. The van der Waals surface area contributed by atoms with Gasteiger partial charge in [0.1, 0.15) is 0 Å². The Kier molecular flexibility index (Phi) is 5.22. The SMILES string of the molecule is CCNC(Cc1cccc(C)c1)c1cccc(C)c1Cl. The average molecular weight is 288 g/mol. The number of hydrogen-bond donors (Lipinski definition) is 1. The number of hydrogen-bond acceptors (Lipinski definition) is 1. The Morgan fingerprint density at radius 1 is 1.10 bits per heavy atom. The molecule has 0 saturated heterocycles. The Morgan fingerprint density at radius 2 is 1.85 bits per heavy atom. The van der Waals surface area contributed by atoms with Crippen molar-refractivity contribution < 1.29 is 0 Å². The van der Waals surface area contributed by atoms with Crippen molar-refractivity contribution in [1.82, 2.24) is 5.32 Å². The predicted octanol–water partition coefficient (Wildman–Crippen LogP) is 4.85. The maximum atomic E-state index is 6.48. The standard InChI is InChI=1S/C18H22ClN/c1-4-20-17(12-15-9-5-7-13(2)11-15)16-10-6-8-14(3)18(16)19/h5-11,17,20H,4,12H2,1-3H3. The molecule has 1 atom stereocenters. The first-order valence-electron chi connectivity index (χ1n) is 7.15. The molecule has 0 aliphatic heterocycles. The van der Waals surface area contributed by atoms with Crippen LogP contribution in [0, 0.1) is 13.8 Å². The second-order valence-electron chi connectivity index (χ2n) is 5.28. The molecule has 0 saturated carbocycles. The molecule has 0 aliphatic rings. The molecule has 2 rings (SSSR count). The van der Waals surface area contributed by atoms with Crippen molar-refractivity contribution >= 4 is 11.6 Å². The van der Waals surface area contributed by atoms with Crippen LogP contribution >= 0.6 is 11.6 Å². The molecule has 0 aromatic heterocycles. The van der Waals surface area contributed by atoms with Crippen LogP contribution in [-0.2, 0) is 6.42 Å². The lowest BCUT2D eigenvalue weighted by Crippen LogP contribution is -2.23. The fourth-order valence-electron chi connectivity index (χ4n) is 2.55. The first-order valence-corrected chi connectivity index (χ1v) is 7.53. The van der Waals surface area contributed by atoms with Crippen molar-refractivity contribution in [3.8, 4) is 0 Å². The van der Waals surface area contributed by atoms with Crippen LogP contribution in [0.15, 0.2) is 42.5 Å². The summed E-state index contributed by atoms with van der Waals surface area (Å²) in [5.41, 5.74) is 4.97. The maximum absolute atomic E-state index is 6.48. The molecule has 0 amide bonds. The Hall–Kier alpha value is -1.31. The zero-order chi connectivity index (χ0) is 14.5. The number of nitrogens with one attached hydrogen (secondary N) is 1. The summed E-state index contributed by atoms with van der Waals surface area (Å²) < 4.78 is 0. The molecular formula is C18H22ClN. The minimum Gasteiger partial charge on any atom is -0.310 e. The Balaban J connectivity index is 2.29. The van der Waals surface area contributed by atoms with Gasteiger partial charge in [-0.1, -0.05) is 66.6 Å². The summed E-state index contributed by atoms with van der Waals surface area (Å²) in [5, 5.41) is 4.43. The summed E-state index contributed by atoms with van der Waals surface area (Å²) in [6, 6.07) is 15.2. The van der Waals surface area contributed by atoms with Gasteiger partial charge < -0.3 is 5.32 Å². The molecule has 0 radical (unpaired) electrons. The molecule has 2 aromatic carbocycles. The highest BCUT2D eigenvalue weighted by Crippen LogP contribution is 2.28. The lowest BCUT2D eigenvalue weighted by Gasteiger charge is -2.21. The highest BCUT2D eigenvalue weighted by atomic mass is 35.5. The van der Waals surface area contributed by atoms with Crippen LogP contribution in [0.25, 0.3) is 0 Å². The van der Waals surface area contributed by atoms with E-state index in [0.717, 1.165) is 23.6 Å². The average Bonchev–Trinajstić information content (AvgIpc) is 2.42. The van der Waals surface area contributed by atoms with Crippen LogP contribution in [0.2, 0.25) is 5.02 Å². The van der Waals surface area contributed by atoms with Gasteiger partial charge in [-0.3, -0.25) is 0 Å². The zero-order valence-corrected chi connectivity index (χ0v) is 13.2. The summed E-state index contributed by atoms with van der Waals surface area (Å²) in [6.45, 7) is 7.25. The first kappa shape index (κ1) is 15.1. The van der Waals surface area contributed by atoms with E-state index in [-0.39, 0.29) is 6.04 Å². The van der Waals surface area contributed by atoms with Gasteiger partial charge >= 0.3 is 0 Å². The summed E-state index contributed by atoms with van der Waals surface area (Å²) in [6.07, 6.45) is 0.957. The fraction of sp³-hybridized carbons (Fsp3) is 0.333. The van der Waals surface area contributed by atoms with E-state index in [0.29, 0.717) is 0 Å². The van der Waals surface area contributed by atoms with Gasteiger partial charge in [0, 0.05) is 11.1 Å². The van der Waals surface area contributed by atoms with Gasteiger partial charge in [-0.25, -0.2) is 0 Å². The van der Waals surface area contributed by atoms with Crippen LogP contribution in [0.1, 0.15) is 35.2 Å². The minimum atomic E-state index is 0.259. The smallest absolute Gasteiger partial charge is 0.0483 e. The first-order chi connectivity index (χ1) is 9.61. The molecule has 1 nitrogen and oxygen atoms in total. The summed E-state index contributed by atoms with van der Waals surface area (Å²) in [7, 11) is 0. The van der Waals surface area contributed by atoms with Gasteiger partial charge in [0.15, 0.2) is 0 Å². The van der Waals surface area contributed by atoms with Gasteiger partial charge in [-0.05, 0) is 43.5 Å². The van der Waals surface area contributed by atoms with E-state index in [1.807, 2.05) is 0 Å². The van der Waals surface area contributed by atoms with E-state index in [9.17, 15) is 0 Å². The van der Waals surface area contributed by atoms with Crippen LogP contribution in [0.5, 0.6) is 0 Å². The largest absolute Gasteiger partial charge is 0.310 e. The van der Waals surface area contributed by atoms with Crippen molar-refractivity contribution in [3.05, 3.63) is 69.7 Å². The molecule has 0 fully saturated rings. The molecule has 2 heteroatoms. The van der Waals surface area contributed by atoms with Gasteiger partial charge in [0.05, 0.1) is 0 Å². The lowest BCUT2D eigenvalue weighted by atomic mass is 9.96. The molecule has 106 valence electrons. The molecule has 20 heavy (non-hydrogen) atoms. The van der Waals surface area contributed by atoms with Crippen molar-refractivity contribution in [2.75, 3.05) is 6.54 Å². The number of halogens is 1. The zero-order valence-electron chi connectivity index (χ0n) is 12.4. The number of likely N-dealkylation sites (N-methyl/N-ethyl adjacent to an activating group) is 1. The maximum Gasteiger partial charge on any atom is 0.0483 e. The van der Waals surface area contributed by atoms with E-state index >= 15 is 0 Å². The third-order valence-electron chi connectivity index (χ3n) is 3.57. The second-order valence-corrected chi connectivity index (χ2v) is 5.66. The van der Waals surface area contributed by atoms with E-state index in [4.69, 9.17) is 11.6 Å². The topological polar surface area (TPSA) is 12.0 Å². The van der Waals surface area contributed by atoms with Gasteiger partial charge in [-0.15, -0.1) is 0 Å². The Bertz CT molecular complexity index is 577. The van der Waals surface area contributed by atoms with Crippen molar-refractivity contribution in [3.63, 3.8) is 0 Å². The van der Waals surface area contributed by atoms with E-state index in [1.54, 1.807) is 0 Å². The quantitative estimate of drug-likeness (QED) is 0.829. The minimum absolute atomic E-state index is 0.259. The van der Waals surface area contributed by atoms with Crippen molar-refractivity contribution in [2.45, 2.75) is 33.2 Å². The molecule has 0 aliphatic carbocycles. The molecule has 0 spiro atoms. The van der Waals surface area contributed by atoms with Gasteiger partial charge in [0.2, 0.25) is 0 Å². The van der Waals surface area contributed by atoms with Gasteiger partial charge in [-0.2, -0.15) is 0 Å². The van der Waals surface area contributed by atoms with E-state index in [2.05, 4.69) is 68.6 Å². The molecule has 1 N–H and O–H groups in total. The highest BCUT2D eigenvalue weighted by Gasteiger charge is 2.15. The molecule has 0 bridgehead atoms. The summed E-state index contributed by atoms with van der Waals surface area (Å²) >= 11 is 6.48. The monoisotopic (exact) mass is 287 g/mol. The van der Waals surface area contributed by atoms with Crippen LogP contribution < -0.4 is 5.32 Å². The number of rotatable bonds is 5. The molecule has 0 heterocycles. The third kappa shape index (κ3) is 3.62. The van der Waals surface area contributed by atoms with Gasteiger partial charge in [0.25, 0.3) is 0 Å². The lowest BCUT2D eigenvalue weighted by molar-refractivity contribution is 0.549. The van der Waals surface area contributed by atoms with Crippen LogP contribution in [-0.4, -0.2) is 6.54 Å². The number of benzene rings is 2. The Morgan fingerprint density at radius 3 is 2.55 bits per heavy atom. The molecule has 2 aromatic rings. The summed E-state index contributed by atoms with van der Waals surface area (Å²) in [5.74, 6) is 0. The fourth-order valence-corrected chi connectivity index (χ4v) is 2.81. The normalized spacial score (nSPS) is 12.4. The van der Waals surface area contributed by atoms with E-state index in [1.165, 1.54) is 16.7 Å². The third-order valence-corrected chi connectivity index (χ3v) is 4.09. The highest BCUT2D eigenvalue weighted by molar-refractivity contribution is 6.32. The Labute approximate surface area is 127 Å². The molecular weight excluding hydrogens is 266 g/mol. The second kappa shape index (κ2) is 6.92. The van der Waals surface area contributed by atoms with Crippen LogP contribution in [0.4, 0.5) is 0 Å². The van der Waals surface area contributed by atoms with Crippen LogP contribution in [0.3, 0.4) is 0 Å². The van der Waals surface area contributed by atoms with E-state index < -0.39 is 0 Å². The molecule has 1 unspecified atom stereocenters. The van der Waals surface area contributed by atoms with Crippen molar-refractivity contribution in [1.29, 1.82) is 0 Å². The summed E-state index contributed by atoms with van der Waals surface area (Å²) in [4.78, 5) is 0. The van der Waals surface area contributed by atoms with Crippen molar-refractivity contribution in [2.24, 2.45) is 0 Å². The number of aryl methyl sites for hydroxylation is 2.